The standard InChI is InChI=1S/C15H28N2O6/c1-9(2)7-22-11(5)13(14(19)20)17-15(21)16-6-12(18)23-8-10(3)4/h9-11,13H,6-8H2,1-5H3,(H,19,20)(H2,16,17,21). The van der Waals surface area contributed by atoms with Gasteiger partial charge < -0.3 is 25.2 Å². The summed E-state index contributed by atoms with van der Waals surface area (Å²) in [6.07, 6.45) is -0.700. The van der Waals surface area contributed by atoms with Crippen molar-refractivity contribution in [1.82, 2.24) is 10.6 Å². The number of ether oxygens (including phenoxy) is 2. The van der Waals surface area contributed by atoms with Crippen LogP contribution in [0, 0.1) is 11.8 Å². The van der Waals surface area contributed by atoms with Gasteiger partial charge in [-0.25, -0.2) is 9.59 Å². The molecule has 0 aliphatic carbocycles. The first-order valence-electron chi connectivity index (χ1n) is 7.67. The first-order chi connectivity index (χ1) is 10.6. The molecular formula is C15H28N2O6. The topological polar surface area (TPSA) is 114 Å². The van der Waals surface area contributed by atoms with E-state index in [9.17, 15) is 14.4 Å². The highest BCUT2D eigenvalue weighted by Crippen LogP contribution is 2.03. The van der Waals surface area contributed by atoms with Crippen LogP contribution in [0.1, 0.15) is 34.6 Å². The smallest absolute Gasteiger partial charge is 0.328 e. The summed E-state index contributed by atoms with van der Waals surface area (Å²) in [6.45, 7) is 9.55. The summed E-state index contributed by atoms with van der Waals surface area (Å²) in [5, 5.41) is 13.7. The fraction of sp³-hybridized carbons (Fsp3) is 0.800. The van der Waals surface area contributed by atoms with E-state index in [-0.39, 0.29) is 25.0 Å². The van der Waals surface area contributed by atoms with E-state index >= 15 is 0 Å². The normalized spacial score (nSPS) is 13.5. The molecule has 2 atom stereocenters. The van der Waals surface area contributed by atoms with Crippen molar-refractivity contribution in [2.75, 3.05) is 19.8 Å². The predicted octanol–water partition coefficient (Wildman–Crippen LogP) is 0.999. The second-order valence-electron chi connectivity index (χ2n) is 6.15. The molecule has 0 saturated heterocycles. The Morgan fingerprint density at radius 3 is 2.04 bits per heavy atom. The van der Waals surface area contributed by atoms with Crippen LogP contribution in [0.15, 0.2) is 0 Å². The van der Waals surface area contributed by atoms with Crippen LogP contribution in [0.25, 0.3) is 0 Å². The van der Waals surface area contributed by atoms with Crippen molar-refractivity contribution in [2.45, 2.75) is 46.8 Å². The van der Waals surface area contributed by atoms with Crippen molar-refractivity contribution in [2.24, 2.45) is 11.8 Å². The number of rotatable bonds is 10. The van der Waals surface area contributed by atoms with Crippen molar-refractivity contribution in [3.05, 3.63) is 0 Å². The van der Waals surface area contributed by atoms with Gasteiger partial charge in [0.15, 0.2) is 6.04 Å². The SMILES string of the molecule is CC(C)COC(=O)CNC(=O)NC(C(=O)O)C(C)OCC(C)C. The fourth-order valence-electron chi connectivity index (χ4n) is 1.48. The zero-order chi connectivity index (χ0) is 18.0. The second kappa shape index (κ2) is 10.8. The summed E-state index contributed by atoms with van der Waals surface area (Å²) in [4.78, 5) is 34.3. The van der Waals surface area contributed by atoms with Gasteiger partial charge in [0.1, 0.15) is 6.54 Å². The first-order valence-corrected chi connectivity index (χ1v) is 7.67. The van der Waals surface area contributed by atoms with Gasteiger partial charge in [0.2, 0.25) is 0 Å². The molecule has 0 aromatic heterocycles. The molecule has 8 nitrogen and oxygen atoms in total. The third kappa shape index (κ3) is 10.5. The third-order valence-corrected chi connectivity index (χ3v) is 2.69. The van der Waals surface area contributed by atoms with E-state index in [0.29, 0.717) is 6.61 Å². The maximum absolute atomic E-state index is 11.7. The Balaban J connectivity index is 4.29. The lowest BCUT2D eigenvalue weighted by Crippen LogP contribution is -2.52. The predicted molar refractivity (Wildman–Crippen MR) is 84.0 cm³/mol. The monoisotopic (exact) mass is 332 g/mol. The van der Waals surface area contributed by atoms with E-state index in [2.05, 4.69) is 10.6 Å². The average Bonchev–Trinajstić information content (AvgIpc) is 2.45. The van der Waals surface area contributed by atoms with E-state index in [1.165, 1.54) is 0 Å². The van der Waals surface area contributed by atoms with Crippen LogP contribution in [0.5, 0.6) is 0 Å². The number of carboxylic acid groups (broad SMARTS) is 1. The minimum Gasteiger partial charge on any atom is -0.480 e. The van der Waals surface area contributed by atoms with Crippen LogP contribution < -0.4 is 10.6 Å². The van der Waals surface area contributed by atoms with Crippen molar-refractivity contribution >= 4 is 18.0 Å². The van der Waals surface area contributed by atoms with Gasteiger partial charge in [-0.15, -0.1) is 0 Å². The maximum Gasteiger partial charge on any atom is 0.328 e. The molecule has 23 heavy (non-hydrogen) atoms. The Morgan fingerprint density at radius 2 is 1.57 bits per heavy atom. The van der Waals surface area contributed by atoms with Gasteiger partial charge in [0.25, 0.3) is 0 Å². The Bertz CT molecular complexity index is 397. The molecule has 134 valence electrons. The van der Waals surface area contributed by atoms with Crippen LogP contribution >= 0.6 is 0 Å². The van der Waals surface area contributed by atoms with Gasteiger partial charge in [0, 0.05) is 6.61 Å². The van der Waals surface area contributed by atoms with E-state index < -0.39 is 30.1 Å². The van der Waals surface area contributed by atoms with Crippen LogP contribution in [-0.2, 0) is 19.1 Å². The number of hydrogen-bond acceptors (Lipinski definition) is 5. The summed E-state index contributed by atoms with van der Waals surface area (Å²) >= 11 is 0. The molecule has 0 aromatic carbocycles. The Kier molecular flexibility index (Phi) is 9.96. The van der Waals surface area contributed by atoms with E-state index in [1.807, 2.05) is 27.7 Å². The summed E-state index contributed by atoms with van der Waals surface area (Å²) in [5.74, 6) is -1.34. The van der Waals surface area contributed by atoms with Crippen LogP contribution in [-0.4, -0.2) is 55.0 Å². The molecule has 0 radical (unpaired) electrons. The molecule has 0 fully saturated rings. The fourth-order valence-corrected chi connectivity index (χ4v) is 1.48. The van der Waals surface area contributed by atoms with Crippen molar-refractivity contribution in [3.8, 4) is 0 Å². The molecule has 0 spiro atoms. The van der Waals surface area contributed by atoms with Crippen LogP contribution in [0.2, 0.25) is 0 Å². The molecule has 2 amide bonds. The minimum atomic E-state index is -1.21. The third-order valence-electron chi connectivity index (χ3n) is 2.69. The molecule has 0 aliphatic heterocycles. The molecule has 0 rings (SSSR count). The Labute approximate surface area is 136 Å². The molecular weight excluding hydrogens is 304 g/mol. The molecule has 2 unspecified atom stereocenters. The van der Waals surface area contributed by atoms with Crippen LogP contribution in [0.4, 0.5) is 4.79 Å². The minimum absolute atomic E-state index is 0.197. The average molecular weight is 332 g/mol. The summed E-state index contributed by atoms with van der Waals surface area (Å²) in [6, 6.07) is -1.97. The number of hydrogen-bond donors (Lipinski definition) is 3. The number of carboxylic acids is 1. The van der Waals surface area contributed by atoms with Gasteiger partial charge in [-0.2, -0.15) is 0 Å². The lowest BCUT2D eigenvalue weighted by molar-refractivity contribution is -0.143. The Morgan fingerprint density at radius 1 is 1.00 bits per heavy atom. The van der Waals surface area contributed by atoms with Gasteiger partial charge in [0.05, 0.1) is 12.7 Å². The van der Waals surface area contributed by atoms with E-state index in [0.717, 1.165) is 0 Å². The van der Waals surface area contributed by atoms with Gasteiger partial charge in [-0.05, 0) is 18.8 Å². The molecule has 0 bridgehead atoms. The number of esters is 1. The molecule has 8 heteroatoms. The number of aliphatic carboxylic acids is 1. The largest absolute Gasteiger partial charge is 0.480 e. The van der Waals surface area contributed by atoms with Crippen LogP contribution in [0.3, 0.4) is 0 Å². The summed E-state index contributed by atoms with van der Waals surface area (Å²) in [7, 11) is 0. The van der Waals surface area contributed by atoms with Gasteiger partial charge in [-0.1, -0.05) is 27.7 Å². The second-order valence-corrected chi connectivity index (χ2v) is 6.15. The molecule has 0 saturated carbocycles. The summed E-state index contributed by atoms with van der Waals surface area (Å²) < 4.78 is 10.3. The van der Waals surface area contributed by atoms with E-state index in [4.69, 9.17) is 14.6 Å². The van der Waals surface area contributed by atoms with Gasteiger partial charge in [-0.3, -0.25) is 4.79 Å². The molecule has 0 aliphatic rings. The molecule has 0 heterocycles. The number of amides is 2. The van der Waals surface area contributed by atoms with Crippen molar-refractivity contribution in [3.63, 3.8) is 0 Å². The Hall–Kier alpha value is -1.83. The number of urea groups is 1. The lowest BCUT2D eigenvalue weighted by Gasteiger charge is -2.22. The highest BCUT2D eigenvalue weighted by atomic mass is 16.5. The zero-order valence-electron chi connectivity index (χ0n) is 14.4. The zero-order valence-corrected chi connectivity index (χ0v) is 14.4. The lowest BCUT2D eigenvalue weighted by atomic mass is 10.2. The molecule has 0 aromatic rings. The highest BCUT2D eigenvalue weighted by Gasteiger charge is 2.27. The van der Waals surface area contributed by atoms with Crippen molar-refractivity contribution < 1.29 is 29.0 Å². The maximum atomic E-state index is 11.7. The first kappa shape index (κ1) is 21.2. The molecule has 3 N–H and O–H groups in total. The van der Waals surface area contributed by atoms with Gasteiger partial charge >= 0.3 is 18.0 Å². The number of nitrogens with one attached hydrogen (secondary N) is 2. The number of carbonyl (C=O) groups excluding carboxylic acids is 2. The van der Waals surface area contributed by atoms with E-state index in [1.54, 1.807) is 6.92 Å². The number of carbonyl (C=O) groups is 3. The van der Waals surface area contributed by atoms with Crippen molar-refractivity contribution in [1.29, 1.82) is 0 Å². The summed E-state index contributed by atoms with van der Waals surface area (Å²) in [5.41, 5.74) is 0. The quantitative estimate of drug-likeness (QED) is 0.514. The highest BCUT2D eigenvalue weighted by molar-refractivity contribution is 5.85.